The third-order valence-electron chi connectivity index (χ3n) is 6.58. The van der Waals surface area contributed by atoms with Gasteiger partial charge in [0.15, 0.2) is 0 Å². The van der Waals surface area contributed by atoms with Crippen LogP contribution in [0.25, 0.3) is 5.69 Å². The molecule has 2 heterocycles. The van der Waals surface area contributed by atoms with E-state index in [2.05, 4.69) is 5.10 Å². The van der Waals surface area contributed by atoms with Crippen LogP contribution in [0.3, 0.4) is 0 Å². The fourth-order valence-corrected chi connectivity index (χ4v) is 6.09. The van der Waals surface area contributed by atoms with Crippen molar-refractivity contribution in [2.24, 2.45) is 0 Å². The number of sulfonamides is 1. The maximum Gasteiger partial charge on any atom is 0.316 e. The van der Waals surface area contributed by atoms with Gasteiger partial charge in [0.1, 0.15) is 5.69 Å². The number of nitrogen functional groups attached to an aromatic ring is 1. The molecule has 1 saturated heterocycles. The molecule has 0 unspecified atom stereocenters. The Morgan fingerprint density at radius 1 is 1.06 bits per heavy atom. The zero-order valence-corrected chi connectivity index (χ0v) is 21.3. The Hall–Kier alpha value is -3.08. The first kappa shape index (κ1) is 24.6. The predicted molar refractivity (Wildman–Crippen MR) is 140 cm³/mol. The molecule has 2 aromatic carbocycles. The zero-order chi connectivity index (χ0) is 25.3. The number of hydrogen-bond donors (Lipinski definition) is 1. The molecule has 0 radical (unpaired) electrons. The number of ether oxygens (including phenoxy) is 1. The van der Waals surface area contributed by atoms with Crippen LogP contribution in [0, 0.1) is 0 Å². The molecule has 1 aromatic heterocycles. The third-order valence-corrected chi connectivity index (χ3v) is 8.66. The molecule has 9 nitrogen and oxygen atoms in total. The average molecular weight is 530 g/mol. The molecular formula is C25H28ClN5O4S. The summed E-state index contributed by atoms with van der Waals surface area (Å²) in [5.41, 5.74) is 7.76. The standard InChI is InChI=1S/C25H28ClN5O4S/c26-19-5-2-7-21(15-19)31-25(32)24(35-22-8-3-9-22)23(16-28-31)29-10-12-30(13-11-29)36(33,34)17-18-4-1-6-20(27)14-18/h1-2,4-7,14-16,22H,3,8-13,17,27H2. The van der Waals surface area contributed by atoms with Gasteiger partial charge in [-0.3, -0.25) is 4.79 Å². The molecule has 0 spiro atoms. The van der Waals surface area contributed by atoms with E-state index in [1.807, 2.05) is 4.90 Å². The molecular weight excluding hydrogens is 502 g/mol. The Morgan fingerprint density at radius 3 is 2.47 bits per heavy atom. The number of hydrogen-bond acceptors (Lipinski definition) is 7. The van der Waals surface area contributed by atoms with Crippen LogP contribution in [-0.2, 0) is 15.8 Å². The van der Waals surface area contributed by atoms with Gasteiger partial charge in [0.05, 0.1) is 23.7 Å². The van der Waals surface area contributed by atoms with E-state index in [0.717, 1.165) is 19.3 Å². The van der Waals surface area contributed by atoms with Crippen LogP contribution in [0.4, 0.5) is 11.4 Å². The van der Waals surface area contributed by atoms with Gasteiger partial charge in [-0.15, -0.1) is 0 Å². The first-order chi connectivity index (χ1) is 17.3. The first-order valence-electron chi connectivity index (χ1n) is 11.9. The molecule has 2 N–H and O–H groups in total. The minimum Gasteiger partial charge on any atom is -0.483 e. The number of rotatable bonds is 7. The van der Waals surface area contributed by atoms with Crippen molar-refractivity contribution in [3.63, 3.8) is 0 Å². The van der Waals surface area contributed by atoms with Gasteiger partial charge < -0.3 is 15.4 Å². The lowest BCUT2D eigenvalue weighted by molar-refractivity contribution is 0.118. The van der Waals surface area contributed by atoms with Crippen molar-refractivity contribution in [3.8, 4) is 11.4 Å². The molecule has 0 amide bonds. The van der Waals surface area contributed by atoms with E-state index in [9.17, 15) is 13.2 Å². The van der Waals surface area contributed by atoms with Crippen LogP contribution in [0.5, 0.6) is 5.75 Å². The highest BCUT2D eigenvalue weighted by Gasteiger charge is 2.31. The van der Waals surface area contributed by atoms with Crippen molar-refractivity contribution in [3.05, 3.63) is 75.7 Å². The summed E-state index contributed by atoms with van der Waals surface area (Å²) in [5.74, 6) is 0.136. The fraction of sp³-hybridized carbons (Fsp3) is 0.360. The van der Waals surface area contributed by atoms with Crippen molar-refractivity contribution in [1.29, 1.82) is 0 Å². The van der Waals surface area contributed by atoms with Crippen LogP contribution >= 0.6 is 11.6 Å². The Bertz CT molecular complexity index is 1420. The van der Waals surface area contributed by atoms with E-state index < -0.39 is 10.0 Å². The van der Waals surface area contributed by atoms with Crippen LogP contribution in [0.2, 0.25) is 5.02 Å². The number of anilines is 2. The lowest BCUT2D eigenvalue weighted by atomic mass is 9.96. The maximum absolute atomic E-state index is 13.5. The Balaban J connectivity index is 1.37. The molecule has 1 aliphatic carbocycles. The number of halogens is 1. The molecule has 0 atom stereocenters. The van der Waals surface area contributed by atoms with E-state index in [0.29, 0.717) is 53.8 Å². The summed E-state index contributed by atoms with van der Waals surface area (Å²) in [6.07, 6.45) is 4.47. The van der Waals surface area contributed by atoms with Crippen molar-refractivity contribution in [2.45, 2.75) is 31.1 Å². The van der Waals surface area contributed by atoms with Gasteiger partial charge in [0.25, 0.3) is 0 Å². The van der Waals surface area contributed by atoms with Gasteiger partial charge in [-0.1, -0.05) is 29.8 Å². The van der Waals surface area contributed by atoms with Crippen LogP contribution < -0.4 is 20.9 Å². The number of nitrogens with two attached hydrogens (primary N) is 1. The molecule has 0 bridgehead atoms. The topological polar surface area (TPSA) is 111 Å². The van der Waals surface area contributed by atoms with Crippen molar-refractivity contribution < 1.29 is 13.2 Å². The monoisotopic (exact) mass is 529 g/mol. The summed E-state index contributed by atoms with van der Waals surface area (Å²) in [7, 11) is -3.51. The highest BCUT2D eigenvalue weighted by Crippen LogP contribution is 2.31. The number of aromatic nitrogens is 2. The fourth-order valence-electron chi connectivity index (χ4n) is 4.40. The Kier molecular flexibility index (Phi) is 6.92. The molecule has 1 saturated carbocycles. The normalized spacial score (nSPS) is 17.1. The van der Waals surface area contributed by atoms with Gasteiger partial charge in [-0.2, -0.15) is 14.1 Å². The van der Waals surface area contributed by atoms with Crippen LogP contribution in [-0.4, -0.2) is 54.8 Å². The zero-order valence-electron chi connectivity index (χ0n) is 19.7. The van der Waals surface area contributed by atoms with E-state index in [4.69, 9.17) is 22.1 Å². The summed E-state index contributed by atoms with van der Waals surface area (Å²) < 4.78 is 35.0. The molecule has 5 rings (SSSR count). The van der Waals surface area contributed by atoms with E-state index in [-0.39, 0.29) is 23.2 Å². The maximum atomic E-state index is 13.5. The highest BCUT2D eigenvalue weighted by atomic mass is 35.5. The quantitative estimate of drug-likeness (QED) is 0.468. The molecule has 1 aliphatic heterocycles. The highest BCUT2D eigenvalue weighted by molar-refractivity contribution is 7.88. The van der Waals surface area contributed by atoms with Crippen LogP contribution in [0.15, 0.2) is 59.5 Å². The minimum atomic E-state index is -3.51. The number of nitrogens with zero attached hydrogens (tertiary/aromatic N) is 4. The second-order valence-electron chi connectivity index (χ2n) is 9.11. The lowest BCUT2D eigenvalue weighted by Gasteiger charge is -2.36. The molecule has 3 aromatic rings. The van der Waals surface area contributed by atoms with Gasteiger partial charge >= 0.3 is 5.56 Å². The minimum absolute atomic E-state index is 0.00774. The lowest BCUT2D eigenvalue weighted by Crippen LogP contribution is -2.49. The molecule has 11 heteroatoms. The molecule has 190 valence electrons. The second kappa shape index (κ2) is 10.1. The van der Waals surface area contributed by atoms with Gasteiger partial charge in [0.2, 0.25) is 15.8 Å². The smallest absolute Gasteiger partial charge is 0.316 e. The summed E-state index contributed by atoms with van der Waals surface area (Å²) >= 11 is 6.12. The van der Waals surface area contributed by atoms with Crippen molar-refractivity contribution in [2.75, 3.05) is 36.8 Å². The van der Waals surface area contributed by atoms with Crippen molar-refractivity contribution in [1.82, 2.24) is 14.1 Å². The second-order valence-corrected chi connectivity index (χ2v) is 11.5. The number of benzene rings is 2. The Labute approximate surface area is 215 Å². The van der Waals surface area contributed by atoms with Gasteiger partial charge in [0, 0.05) is 36.9 Å². The van der Waals surface area contributed by atoms with E-state index in [1.54, 1.807) is 54.7 Å². The summed E-state index contributed by atoms with van der Waals surface area (Å²) in [6.45, 7) is 1.43. The first-order valence-corrected chi connectivity index (χ1v) is 13.9. The molecule has 2 aliphatic rings. The van der Waals surface area contributed by atoms with E-state index >= 15 is 0 Å². The summed E-state index contributed by atoms with van der Waals surface area (Å²) in [4.78, 5) is 15.4. The van der Waals surface area contributed by atoms with Gasteiger partial charge in [-0.05, 0) is 55.2 Å². The van der Waals surface area contributed by atoms with Gasteiger partial charge in [-0.25, -0.2) is 8.42 Å². The summed E-state index contributed by atoms with van der Waals surface area (Å²) in [6, 6.07) is 13.8. The average Bonchev–Trinajstić information content (AvgIpc) is 2.82. The molecule has 36 heavy (non-hydrogen) atoms. The van der Waals surface area contributed by atoms with E-state index in [1.165, 1.54) is 8.99 Å². The largest absolute Gasteiger partial charge is 0.483 e. The third kappa shape index (κ3) is 5.21. The summed E-state index contributed by atoms with van der Waals surface area (Å²) in [5, 5.41) is 4.89. The number of piperazine rings is 1. The van der Waals surface area contributed by atoms with Crippen LogP contribution in [0.1, 0.15) is 24.8 Å². The SMILES string of the molecule is Nc1cccc(CS(=O)(=O)N2CCN(c3cnn(-c4cccc(Cl)c4)c(=O)c3OC3CCC3)CC2)c1. The molecule has 2 fully saturated rings. The van der Waals surface area contributed by atoms with Crippen molar-refractivity contribution >= 4 is 33.0 Å². The predicted octanol–water partition coefficient (Wildman–Crippen LogP) is 3.05. The Morgan fingerprint density at radius 2 is 1.81 bits per heavy atom.